The molecule has 0 spiro atoms. The first-order valence-corrected chi connectivity index (χ1v) is 11.9. The lowest BCUT2D eigenvalue weighted by Crippen LogP contribution is -2.17. The van der Waals surface area contributed by atoms with E-state index in [1.807, 2.05) is 35.6 Å². The number of rotatable bonds is 12. The summed E-state index contributed by atoms with van der Waals surface area (Å²) in [5.41, 5.74) is 2.82. The number of H-pyrrole nitrogens is 1. The van der Waals surface area contributed by atoms with E-state index in [1.54, 1.807) is 13.3 Å². The average molecular weight is 456 g/mol. The zero-order valence-electron chi connectivity index (χ0n) is 19.4. The molecule has 0 saturated heterocycles. The van der Waals surface area contributed by atoms with Gasteiger partial charge in [0.05, 0.1) is 12.8 Å². The second kappa shape index (κ2) is 11.8. The minimum atomic E-state index is -0.109. The van der Waals surface area contributed by atoms with Gasteiger partial charge in [-0.3, -0.25) is 9.78 Å². The van der Waals surface area contributed by atoms with E-state index < -0.39 is 0 Å². The SMILES string of the molecule is CCc1sc(CN(C)C)nc1CCCCNc1ncc(Cc2ccc(OC)cc2)c(=O)[nH]1. The molecule has 0 unspecified atom stereocenters. The van der Waals surface area contributed by atoms with Gasteiger partial charge >= 0.3 is 0 Å². The van der Waals surface area contributed by atoms with Gasteiger partial charge in [-0.2, -0.15) is 0 Å². The van der Waals surface area contributed by atoms with Crippen molar-refractivity contribution >= 4 is 17.3 Å². The predicted octanol–water partition coefficient (Wildman–Crippen LogP) is 3.88. The number of aromatic amines is 1. The number of thiazole rings is 1. The largest absolute Gasteiger partial charge is 0.497 e. The van der Waals surface area contributed by atoms with Crippen LogP contribution in [0.3, 0.4) is 0 Å². The third-order valence-corrected chi connectivity index (χ3v) is 6.38. The van der Waals surface area contributed by atoms with Gasteiger partial charge in [0, 0.05) is 36.1 Å². The van der Waals surface area contributed by atoms with Crippen LogP contribution < -0.4 is 15.6 Å². The highest BCUT2D eigenvalue weighted by molar-refractivity contribution is 7.11. The summed E-state index contributed by atoms with van der Waals surface area (Å²) < 4.78 is 5.17. The number of aryl methyl sites for hydroxylation is 2. The van der Waals surface area contributed by atoms with E-state index in [4.69, 9.17) is 9.72 Å². The number of ether oxygens (including phenoxy) is 1. The molecule has 0 aliphatic heterocycles. The lowest BCUT2D eigenvalue weighted by molar-refractivity contribution is 0.401. The first-order chi connectivity index (χ1) is 15.5. The Morgan fingerprint density at radius 1 is 1.19 bits per heavy atom. The molecule has 2 N–H and O–H groups in total. The van der Waals surface area contributed by atoms with Crippen LogP contribution in [0.4, 0.5) is 5.95 Å². The molecule has 3 aromatic rings. The third kappa shape index (κ3) is 6.90. The molecule has 0 saturated carbocycles. The lowest BCUT2D eigenvalue weighted by atomic mass is 10.1. The first kappa shape index (κ1) is 23.9. The summed E-state index contributed by atoms with van der Waals surface area (Å²) in [6, 6.07) is 7.70. The van der Waals surface area contributed by atoms with Crippen molar-refractivity contribution in [1.29, 1.82) is 0 Å². The second-order valence-corrected chi connectivity index (χ2v) is 9.23. The van der Waals surface area contributed by atoms with Gasteiger partial charge in [-0.25, -0.2) is 9.97 Å². The van der Waals surface area contributed by atoms with Crippen LogP contribution in [0.25, 0.3) is 0 Å². The van der Waals surface area contributed by atoms with Gasteiger partial charge < -0.3 is 15.0 Å². The van der Waals surface area contributed by atoms with E-state index in [-0.39, 0.29) is 5.56 Å². The Labute approximate surface area is 193 Å². The van der Waals surface area contributed by atoms with Gasteiger partial charge in [-0.15, -0.1) is 11.3 Å². The number of unbranched alkanes of at least 4 members (excludes halogenated alkanes) is 1. The fourth-order valence-corrected chi connectivity index (χ4v) is 4.64. The molecule has 3 rings (SSSR count). The summed E-state index contributed by atoms with van der Waals surface area (Å²) in [7, 11) is 5.78. The van der Waals surface area contributed by atoms with Gasteiger partial charge in [0.1, 0.15) is 10.8 Å². The Morgan fingerprint density at radius 3 is 2.62 bits per heavy atom. The Bertz CT molecular complexity index is 1040. The minimum Gasteiger partial charge on any atom is -0.497 e. The Morgan fingerprint density at radius 2 is 1.97 bits per heavy atom. The maximum absolute atomic E-state index is 12.4. The summed E-state index contributed by atoms with van der Waals surface area (Å²) in [6.07, 6.45) is 6.24. The third-order valence-electron chi connectivity index (χ3n) is 5.15. The number of aromatic nitrogens is 3. The summed E-state index contributed by atoms with van der Waals surface area (Å²) in [4.78, 5) is 28.0. The van der Waals surface area contributed by atoms with Crippen molar-refractivity contribution in [3.8, 4) is 5.75 Å². The maximum atomic E-state index is 12.4. The quantitative estimate of drug-likeness (QED) is 0.403. The molecular weight excluding hydrogens is 422 g/mol. The molecule has 7 nitrogen and oxygen atoms in total. The molecule has 2 aromatic heterocycles. The number of nitrogens with zero attached hydrogens (tertiary/aromatic N) is 3. The van der Waals surface area contributed by atoms with E-state index in [2.05, 4.69) is 41.2 Å². The molecule has 32 heavy (non-hydrogen) atoms. The maximum Gasteiger partial charge on any atom is 0.255 e. The smallest absolute Gasteiger partial charge is 0.255 e. The molecule has 0 radical (unpaired) electrons. The number of anilines is 1. The molecule has 1 aromatic carbocycles. The molecular formula is C24H33N5O2S. The standard InChI is InChI=1S/C24H33N5O2S/c1-5-21-20(27-22(32-21)16-29(2)3)8-6-7-13-25-24-26-15-18(23(30)28-24)14-17-9-11-19(31-4)12-10-17/h9-12,15H,5-8,13-14,16H2,1-4H3,(H2,25,26,28,30). The summed E-state index contributed by atoms with van der Waals surface area (Å²) >= 11 is 1.83. The van der Waals surface area contributed by atoms with Gasteiger partial charge in [0.25, 0.3) is 5.56 Å². The highest BCUT2D eigenvalue weighted by Gasteiger charge is 2.10. The van der Waals surface area contributed by atoms with Crippen molar-refractivity contribution in [2.45, 2.75) is 45.6 Å². The summed E-state index contributed by atoms with van der Waals surface area (Å²) in [5.74, 6) is 1.32. The van der Waals surface area contributed by atoms with Gasteiger partial charge in [-0.1, -0.05) is 19.1 Å². The number of benzene rings is 1. The van der Waals surface area contributed by atoms with Gasteiger partial charge in [0.2, 0.25) is 5.95 Å². The van der Waals surface area contributed by atoms with E-state index in [0.29, 0.717) is 17.9 Å². The molecule has 2 heterocycles. The number of hydrogen-bond acceptors (Lipinski definition) is 7. The van der Waals surface area contributed by atoms with Crippen molar-refractivity contribution in [2.75, 3.05) is 33.1 Å². The van der Waals surface area contributed by atoms with Crippen LogP contribution in [0.5, 0.6) is 5.75 Å². The topological polar surface area (TPSA) is 83.1 Å². The number of methoxy groups -OCH3 is 1. The van der Waals surface area contributed by atoms with Crippen LogP contribution in [0.15, 0.2) is 35.3 Å². The van der Waals surface area contributed by atoms with Gasteiger partial charge in [-0.05, 0) is 57.5 Å². The highest BCUT2D eigenvalue weighted by atomic mass is 32.1. The molecule has 0 atom stereocenters. The van der Waals surface area contributed by atoms with Crippen molar-refractivity contribution in [1.82, 2.24) is 19.9 Å². The van der Waals surface area contributed by atoms with E-state index in [1.165, 1.54) is 15.6 Å². The van der Waals surface area contributed by atoms with Crippen LogP contribution >= 0.6 is 11.3 Å². The molecule has 0 aliphatic carbocycles. The molecule has 0 bridgehead atoms. The summed E-state index contributed by atoms with van der Waals surface area (Å²) in [5, 5.41) is 4.42. The van der Waals surface area contributed by atoms with Crippen molar-refractivity contribution in [3.63, 3.8) is 0 Å². The molecule has 172 valence electrons. The highest BCUT2D eigenvalue weighted by Crippen LogP contribution is 2.22. The molecule has 0 fully saturated rings. The first-order valence-electron chi connectivity index (χ1n) is 11.1. The lowest BCUT2D eigenvalue weighted by Gasteiger charge is -2.07. The van der Waals surface area contributed by atoms with Crippen LogP contribution in [-0.4, -0.2) is 47.6 Å². The Hall–Kier alpha value is -2.71. The summed E-state index contributed by atoms with van der Waals surface area (Å²) in [6.45, 7) is 3.85. The predicted molar refractivity (Wildman–Crippen MR) is 131 cm³/mol. The van der Waals surface area contributed by atoms with Crippen molar-refractivity contribution in [2.24, 2.45) is 0 Å². The van der Waals surface area contributed by atoms with Crippen LogP contribution in [0.1, 0.15) is 46.5 Å². The Kier molecular flexibility index (Phi) is 8.81. The zero-order chi connectivity index (χ0) is 22.9. The van der Waals surface area contributed by atoms with Crippen LogP contribution in [0, 0.1) is 0 Å². The van der Waals surface area contributed by atoms with Crippen molar-refractivity contribution < 1.29 is 4.74 Å². The zero-order valence-corrected chi connectivity index (χ0v) is 20.2. The average Bonchev–Trinajstić information content (AvgIpc) is 3.16. The number of hydrogen-bond donors (Lipinski definition) is 2. The van der Waals surface area contributed by atoms with Crippen molar-refractivity contribution in [3.05, 3.63) is 67.5 Å². The molecule has 0 aliphatic rings. The van der Waals surface area contributed by atoms with E-state index >= 15 is 0 Å². The van der Waals surface area contributed by atoms with E-state index in [9.17, 15) is 4.79 Å². The molecule has 8 heteroatoms. The van der Waals surface area contributed by atoms with Crippen LogP contribution in [0.2, 0.25) is 0 Å². The minimum absolute atomic E-state index is 0.109. The fourth-order valence-electron chi connectivity index (χ4n) is 3.47. The second-order valence-electron chi connectivity index (χ2n) is 8.06. The van der Waals surface area contributed by atoms with E-state index in [0.717, 1.165) is 50.1 Å². The normalized spacial score (nSPS) is 11.2. The number of nitrogens with one attached hydrogen (secondary N) is 2. The fraction of sp³-hybridized carbons (Fsp3) is 0.458. The van der Waals surface area contributed by atoms with Gasteiger partial charge in [0.15, 0.2) is 0 Å². The monoisotopic (exact) mass is 455 g/mol. The molecule has 0 amide bonds. The van der Waals surface area contributed by atoms with Crippen LogP contribution in [-0.2, 0) is 25.8 Å². The Balaban J connectivity index is 1.45.